The van der Waals surface area contributed by atoms with Crippen molar-refractivity contribution >= 4 is 5.91 Å². The zero-order valence-electron chi connectivity index (χ0n) is 18.5. The summed E-state index contributed by atoms with van der Waals surface area (Å²) >= 11 is 0. The van der Waals surface area contributed by atoms with Gasteiger partial charge in [0.15, 0.2) is 5.60 Å². The average molecular weight is 419 g/mol. The van der Waals surface area contributed by atoms with Crippen molar-refractivity contribution in [2.24, 2.45) is 23.7 Å². The quantitative estimate of drug-likeness (QED) is 0.718. The van der Waals surface area contributed by atoms with E-state index in [1.807, 2.05) is 31.2 Å². The summed E-state index contributed by atoms with van der Waals surface area (Å²) in [6, 6.07) is 18.5. The summed E-state index contributed by atoms with van der Waals surface area (Å²) in [5, 5.41) is 14.9. The van der Waals surface area contributed by atoms with E-state index in [-0.39, 0.29) is 11.8 Å². The van der Waals surface area contributed by atoms with Gasteiger partial charge in [-0.25, -0.2) is 0 Å². The SMILES string of the molecule is Cc1cccc(C(O)(C(=O)NCC2C3CN(Cc4ccccc4)CC23)C2CCCC2)c1. The third-order valence-electron chi connectivity index (χ3n) is 7.94. The van der Waals surface area contributed by atoms with Crippen LogP contribution in [0, 0.1) is 30.6 Å². The maximum Gasteiger partial charge on any atom is 0.256 e. The summed E-state index contributed by atoms with van der Waals surface area (Å²) < 4.78 is 0. The lowest BCUT2D eigenvalue weighted by Crippen LogP contribution is -2.49. The fourth-order valence-corrected chi connectivity index (χ4v) is 6.13. The predicted molar refractivity (Wildman–Crippen MR) is 122 cm³/mol. The largest absolute Gasteiger partial charge is 0.375 e. The van der Waals surface area contributed by atoms with E-state index >= 15 is 0 Å². The van der Waals surface area contributed by atoms with E-state index in [1.54, 1.807) is 0 Å². The molecule has 5 rings (SSSR count). The molecule has 4 nitrogen and oxygen atoms in total. The minimum Gasteiger partial charge on any atom is -0.375 e. The molecule has 3 aliphatic rings. The van der Waals surface area contributed by atoms with Crippen LogP contribution in [0.5, 0.6) is 0 Å². The highest BCUT2D eigenvalue weighted by Crippen LogP contribution is 2.51. The van der Waals surface area contributed by atoms with Crippen LogP contribution in [0.15, 0.2) is 54.6 Å². The average Bonchev–Trinajstić information content (AvgIpc) is 3.17. The second-order valence-electron chi connectivity index (χ2n) is 10.00. The molecule has 1 aliphatic heterocycles. The zero-order chi connectivity index (χ0) is 21.4. The number of benzene rings is 2. The third kappa shape index (κ3) is 4.04. The van der Waals surface area contributed by atoms with Gasteiger partial charge in [-0.1, -0.05) is 73.0 Å². The molecule has 4 heteroatoms. The minimum atomic E-state index is -1.41. The van der Waals surface area contributed by atoms with Crippen molar-refractivity contribution in [3.05, 3.63) is 71.3 Å². The number of aliphatic hydroxyl groups is 1. The van der Waals surface area contributed by atoms with Gasteiger partial charge in [-0.05, 0) is 48.6 Å². The van der Waals surface area contributed by atoms with E-state index in [2.05, 4.69) is 40.5 Å². The van der Waals surface area contributed by atoms with Crippen LogP contribution in [0.3, 0.4) is 0 Å². The highest BCUT2D eigenvalue weighted by Gasteiger charge is 2.55. The number of aryl methyl sites for hydroxylation is 1. The Balaban J connectivity index is 1.19. The first-order chi connectivity index (χ1) is 15.1. The molecule has 2 N–H and O–H groups in total. The van der Waals surface area contributed by atoms with E-state index in [0.717, 1.165) is 56.4 Å². The number of amides is 1. The summed E-state index contributed by atoms with van der Waals surface area (Å²) in [5.41, 5.74) is 1.79. The van der Waals surface area contributed by atoms with Crippen molar-refractivity contribution in [3.8, 4) is 0 Å². The lowest BCUT2D eigenvalue weighted by atomic mass is 9.79. The molecule has 1 heterocycles. The summed E-state index contributed by atoms with van der Waals surface area (Å²) in [6.45, 7) is 5.95. The number of hydrogen-bond acceptors (Lipinski definition) is 3. The molecule has 0 bridgehead atoms. The first-order valence-corrected chi connectivity index (χ1v) is 11.9. The van der Waals surface area contributed by atoms with Crippen LogP contribution in [0.2, 0.25) is 0 Å². The molecule has 31 heavy (non-hydrogen) atoms. The number of piperidine rings is 1. The molecule has 3 atom stereocenters. The number of carbonyl (C=O) groups is 1. The summed E-state index contributed by atoms with van der Waals surface area (Å²) in [4.78, 5) is 15.9. The van der Waals surface area contributed by atoms with Crippen molar-refractivity contribution in [2.45, 2.75) is 44.8 Å². The van der Waals surface area contributed by atoms with Crippen molar-refractivity contribution in [2.75, 3.05) is 19.6 Å². The van der Waals surface area contributed by atoms with E-state index in [9.17, 15) is 9.90 Å². The maximum atomic E-state index is 13.3. The van der Waals surface area contributed by atoms with Crippen molar-refractivity contribution < 1.29 is 9.90 Å². The third-order valence-corrected chi connectivity index (χ3v) is 7.94. The van der Waals surface area contributed by atoms with E-state index in [0.29, 0.717) is 24.3 Å². The smallest absolute Gasteiger partial charge is 0.256 e. The molecule has 1 amide bonds. The topological polar surface area (TPSA) is 52.6 Å². The van der Waals surface area contributed by atoms with Gasteiger partial charge in [0.1, 0.15) is 0 Å². The highest BCUT2D eigenvalue weighted by atomic mass is 16.3. The summed E-state index contributed by atoms with van der Waals surface area (Å²) in [7, 11) is 0. The van der Waals surface area contributed by atoms with Crippen LogP contribution in [0.1, 0.15) is 42.4 Å². The number of nitrogens with zero attached hydrogens (tertiary/aromatic N) is 1. The molecular weight excluding hydrogens is 384 g/mol. The van der Waals surface area contributed by atoms with Gasteiger partial charge in [-0.3, -0.25) is 9.69 Å². The van der Waals surface area contributed by atoms with Gasteiger partial charge in [-0.15, -0.1) is 0 Å². The van der Waals surface area contributed by atoms with Crippen molar-refractivity contribution in [1.29, 1.82) is 0 Å². The van der Waals surface area contributed by atoms with Crippen LogP contribution < -0.4 is 5.32 Å². The Labute approximate surface area is 185 Å². The fraction of sp³-hybridized carbons (Fsp3) is 0.519. The van der Waals surface area contributed by atoms with Gasteiger partial charge in [-0.2, -0.15) is 0 Å². The lowest BCUT2D eigenvalue weighted by molar-refractivity contribution is -0.147. The monoisotopic (exact) mass is 418 g/mol. The number of hydrogen-bond donors (Lipinski definition) is 2. The molecule has 2 saturated carbocycles. The maximum absolute atomic E-state index is 13.3. The van der Waals surface area contributed by atoms with Crippen LogP contribution in [-0.4, -0.2) is 35.5 Å². The number of carbonyl (C=O) groups excluding carboxylic acids is 1. The van der Waals surface area contributed by atoms with Crippen molar-refractivity contribution in [3.63, 3.8) is 0 Å². The van der Waals surface area contributed by atoms with Gasteiger partial charge >= 0.3 is 0 Å². The van der Waals surface area contributed by atoms with E-state index in [1.165, 1.54) is 5.56 Å². The number of rotatable bonds is 7. The van der Waals surface area contributed by atoms with Gasteiger partial charge < -0.3 is 10.4 Å². The van der Waals surface area contributed by atoms with Gasteiger partial charge in [0.05, 0.1) is 0 Å². The molecule has 3 fully saturated rings. The minimum absolute atomic E-state index is 0.00867. The Morgan fingerprint density at radius 3 is 2.45 bits per heavy atom. The molecule has 164 valence electrons. The summed E-state index contributed by atoms with van der Waals surface area (Å²) in [5.74, 6) is 1.73. The molecule has 2 aromatic rings. The first kappa shape index (κ1) is 20.7. The Morgan fingerprint density at radius 2 is 1.77 bits per heavy atom. The van der Waals surface area contributed by atoms with E-state index in [4.69, 9.17) is 0 Å². The Bertz CT molecular complexity index is 912. The fourth-order valence-electron chi connectivity index (χ4n) is 6.13. The van der Waals surface area contributed by atoms with Crippen LogP contribution in [0.4, 0.5) is 0 Å². The number of nitrogens with one attached hydrogen (secondary N) is 1. The normalized spacial score (nSPS) is 27.6. The van der Waals surface area contributed by atoms with Gasteiger partial charge in [0, 0.05) is 32.1 Å². The van der Waals surface area contributed by atoms with Gasteiger partial charge in [0.2, 0.25) is 0 Å². The Morgan fingerprint density at radius 1 is 1.06 bits per heavy atom. The van der Waals surface area contributed by atoms with E-state index < -0.39 is 5.60 Å². The zero-order valence-corrected chi connectivity index (χ0v) is 18.5. The first-order valence-electron chi connectivity index (χ1n) is 11.9. The lowest BCUT2D eigenvalue weighted by Gasteiger charge is -2.33. The van der Waals surface area contributed by atoms with Crippen molar-refractivity contribution in [1.82, 2.24) is 10.2 Å². The number of fused-ring (bicyclic) bond motifs is 1. The molecule has 1 saturated heterocycles. The second-order valence-corrected chi connectivity index (χ2v) is 10.00. The molecular formula is C27H34N2O2. The molecule has 0 radical (unpaired) electrons. The van der Waals surface area contributed by atoms with Crippen LogP contribution in [-0.2, 0) is 16.9 Å². The second kappa shape index (κ2) is 8.40. The standard InChI is InChI=1S/C27H34N2O2/c1-19-8-7-13-22(14-19)27(31,21-11-5-6-12-21)26(30)28-15-23-24-17-29(18-25(23)24)16-20-9-3-2-4-10-20/h2-4,7-10,13-14,21,23-25,31H,5-6,11-12,15-18H2,1H3,(H,28,30). The number of likely N-dealkylation sites (tertiary alicyclic amines) is 1. The molecule has 3 unspecified atom stereocenters. The predicted octanol–water partition coefficient (Wildman–Crippen LogP) is 3.87. The van der Waals surface area contributed by atoms with Crippen LogP contribution in [0.25, 0.3) is 0 Å². The van der Waals surface area contributed by atoms with Gasteiger partial charge in [0.25, 0.3) is 5.91 Å². The molecule has 0 spiro atoms. The molecule has 0 aromatic heterocycles. The highest BCUT2D eigenvalue weighted by molar-refractivity contribution is 5.86. The summed E-state index contributed by atoms with van der Waals surface area (Å²) in [6.07, 6.45) is 4.02. The Kier molecular flexibility index (Phi) is 5.61. The molecule has 2 aromatic carbocycles. The molecule has 2 aliphatic carbocycles. The Hall–Kier alpha value is -2.17. The van der Waals surface area contributed by atoms with Crippen LogP contribution >= 0.6 is 0 Å².